The molecule has 4 rings (SSSR count). The predicted molar refractivity (Wildman–Crippen MR) is 66.2 cm³/mol. The molecule has 1 aromatic heterocycles. The zero-order chi connectivity index (χ0) is 10.3. The largest absolute Gasteiger partial charge is 0.303 e. The quantitative estimate of drug-likeness (QED) is 0.776. The third-order valence-electron chi connectivity index (χ3n) is 3.69. The molecular formula is C11H15Cl2N3. The van der Waals surface area contributed by atoms with Crippen LogP contribution >= 0.6 is 24.0 Å². The molecule has 0 radical (unpaired) electrons. The van der Waals surface area contributed by atoms with Crippen LogP contribution < -0.4 is 0 Å². The van der Waals surface area contributed by atoms with E-state index in [9.17, 15) is 0 Å². The first kappa shape index (κ1) is 12.1. The summed E-state index contributed by atoms with van der Waals surface area (Å²) in [6.45, 7) is 3.61. The highest BCUT2D eigenvalue weighted by Gasteiger charge is 2.36. The van der Waals surface area contributed by atoms with Crippen LogP contribution in [0.25, 0.3) is 0 Å². The van der Waals surface area contributed by atoms with Gasteiger partial charge in [-0.25, -0.2) is 4.98 Å². The molecule has 3 saturated heterocycles. The van der Waals surface area contributed by atoms with Crippen molar-refractivity contribution < 1.29 is 0 Å². The third-order valence-corrected chi connectivity index (χ3v) is 3.98. The van der Waals surface area contributed by atoms with E-state index in [0.717, 1.165) is 18.2 Å². The fourth-order valence-electron chi connectivity index (χ4n) is 2.86. The predicted octanol–water partition coefficient (Wildman–Crippen LogP) is 2.36. The normalized spacial score (nSPS) is 32.2. The van der Waals surface area contributed by atoms with Gasteiger partial charge in [0.05, 0.1) is 5.69 Å². The van der Waals surface area contributed by atoms with Crippen LogP contribution in [-0.2, 0) is 0 Å². The second-order valence-corrected chi connectivity index (χ2v) is 4.83. The summed E-state index contributed by atoms with van der Waals surface area (Å²) in [6.07, 6.45) is 5.99. The minimum absolute atomic E-state index is 0. The number of fused-ring (bicyclic) bond motifs is 3. The minimum Gasteiger partial charge on any atom is -0.303 e. The molecule has 0 spiro atoms. The lowest BCUT2D eigenvalue weighted by Crippen LogP contribution is -2.46. The average Bonchev–Trinajstić information content (AvgIpc) is 2.31. The molecule has 16 heavy (non-hydrogen) atoms. The first-order chi connectivity index (χ1) is 7.34. The summed E-state index contributed by atoms with van der Waals surface area (Å²) >= 11 is 6.10. The van der Waals surface area contributed by atoms with Crippen LogP contribution in [0.15, 0.2) is 12.4 Å². The van der Waals surface area contributed by atoms with Crippen molar-refractivity contribution in [3.05, 3.63) is 23.2 Å². The van der Waals surface area contributed by atoms with E-state index in [-0.39, 0.29) is 12.4 Å². The Kier molecular flexibility index (Phi) is 3.67. The lowest BCUT2D eigenvalue weighted by atomic mass is 9.77. The summed E-state index contributed by atoms with van der Waals surface area (Å²) in [7, 11) is 0. The van der Waals surface area contributed by atoms with Crippen LogP contribution in [-0.4, -0.2) is 34.5 Å². The molecule has 3 fully saturated rings. The Balaban J connectivity index is 0.000000963. The number of rotatable bonds is 1. The Morgan fingerprint density at radius 3 is 2.44 bits per heavy atom. The van der Waals surface area contributed by atoms with Gasteiger partial charge in [0, 0.05) is 24.9 Å². The lowest BCUT2D eigenvalue weighted by molar-refractivity contribution is 0.0853. The average molecular weight is 260 g/mol. The van der Waals surface area contributed by atoms with Gasteiger partial charge in [0.1, 0.15) is 0 Å². The second kappa shape index (κ2) is 4.86. The molecular weight excluding hydrogens is 245 g/mol. The van der Waals surface area contributed by atoms with Gasteiger partial charge in [-0.1, -0.05) is 11.6 Å². The van der Waals surface area contributed by atoms with Crippen molar-refractivity contribution in [3.8, 4) is 0 Å². The zero-order valence-electron chi connectivity index (χ0n) is 8.97. The second-order valence-electron chi connectivity index (χ2n) is 4.48. The molecule has 1 unspecified atom stereocenters. The molecule has 3 nitrogen and oxygen atoms in total. The highest BCUT2D eigenvalue weighted by atomic mass is 35.5. The van der Waals surface area contributed by atoms with E-state index in [1.165, 1.54) is 25.9 Å². The van der Waals surface area contributed by atoms with Gasteiger partial charge in [0.25, 0.3) is 0 Å². The van der Waals surface area contributed by atoms with Gasteiger partial charge >= 0.3 is 0 Å². The summed E-state index contributed by atoms with van der Waals surface area (Å²) < 4.78 is 0. The van der Waals surface area contributed by atoms with Crippen LogP contribution in [0.2, 0.25) is 5.15 Å². The number of halogens is 2. The first-order valence-electron chi connectivity index (χ1n) is 5.53. The van der Waals surface area contributed by atoms with Crippen molar-refractivity contribution in [1.82, 2.24) is 14.9 Å². The molecule has 1 aromatic rings. The molecule has 5 heteroatoms. The third kappa shape index (κ3) is 2.04. The maximum Gasteiger partial charge on any atom is 0.150 e. The van der Waals surface area contributed by atoms with Crippen LogP contribution in [0.1, 0.15) is 24.5 Å². The maximum atomic E-state index is 6.10. The standard InChI is InChI=1S/C11H14ClN3.ClH/c12-11-10(13-3-4-14-11)9-7-15-5-1-8(9)2-6-15;/h3-4,8-9H,1-2,5-7H2;1H. The molecule has 0 amide bonds. The molecule has 2 bridgehead atoms. The molecule has 0 aromatic carbocycles. The lowest BCUT2D eigenvalue weighted by Gasteiger charge is -2.44. The number of nitrogens with zero attached hydrogens (tertiary/aromatic N) is 3. The van der Waals surface area contributed by atoms with Gasteiger partial charge in [-0.2, -0.15) is 0 Å². The molecule has 88 valence electrons. The Morgan fingerprint density at radius 1 is 1.19 bits per heavy atom. The Morgan fingerprint density at radius 2 is 1.88 bits per heavy atom. The Bertz CT molecular complexity index is 364. The van der Waals surface area contributed by atoms with E-state index >= 15 is 0 Å². The fraction of sp³-hybridized carbons (Fsp3) is 0.636. The molecule has 3 aliphatic heterocycles. The maximum absolute atomic E-state index is 6.10. The van der Waals surface area contributed by atoms with E-state index < -0.39 is 0 Å². The smallest absolute Gasteiger partial charge is 0.150 e. The molecule has 1 atom stereocenters. The van der Waals surface area contributed by atoms with Crippen molar-refractivity contribution in [3.63, 3.8) is 0 Å². The fourth-order valence-corrected chi connectivity index (χ4v) is 3.10. The van der Waals surface area contributed by atoms with Crippen LogP contribution in [0.3, 0.4) is 0 Å². The monoisotopic (exact) mass is 259 g/mol. The van der Waals surface area contributed by atoms with Crippen molar-refractivity contribution in [2.45, 2.75) is 18.8 Å². The minimum atomic E-state index is 0. The van der Waals surface area contributed by atoms with Crippen LogP contribution in [0, 0.1) is 5.92 Å². The number of hydrogen-bond donors (Lipinski definition) is 0. The van der Waals surface area contributed by atoms with Crippen molar-refractivity contribution in [2.24, 2.45) is 5.92 Å². The molecule has 0 aliphatic carbocycles. The van der Waals surface area contributed by atoms with E-state index in [1.807, 2.05) is 0 Å². The summed E-state index contributed by atoms with van der Waals surface area (Å²) in [6, 6.07) is 0. The molecule has 3 aliphatic rings. The zero-order valence-corrected chi connectivity index (χ0v) is 10.5. The first-order valence-corrected chi connectivity index (χ1v) is 5.91. The summed E-state index contributed by atoms with van der Waals surface area (Å²) in [5.74, 6) is 1.28. The van der Waals surface area contributed by atoms with E-state index in [0.29, 0.717) is 11.1 Å². The van der Waals surface area contributed by atoms with Gasteiger partial charge in [0.15, 0.2) is 5.15 Å². The molecule has 0 saturated carbocycles. The number of piperidine rings is 3. The van der Waals surface area contributed by atoms with Crippen LogP contribution in [0.4, 0.5) is 0 Å². The summed E-state index contributed by atoms with van der Waals surface area (Å²) in [4.78, 5) is 11.0. The van der Waals surface area contributed by atoms with E-state index in [1.54, 1.807) is 12.4 Å². The number of aromatic nitrogens is 2. The van der Waals surface area contributed by atoms with Crippen molar-refractivity contribution in [2.75, 3.05) is 19.6 Å². The van der Waals surface area contributed by atoms with Gasteiger partial charge in [-0.05, 0) is 31.8 Å². The van der Waals surface area contributed by atoms with E-state index in [4.69, 9.17) is 11.6 Å². The number of hydrogen-bond acceptors (Lipinski definition) is 3. The topological polar surface area (TPSA) is 29.0 Å². The van der Waals surface area contributed by atoms with Gasteiger partial charge in [0.2, 0.25) is 0 Å². The molecule has 4 heterocycles. The van der Waals surface area contributed by atoms with E-state index in [2.05, 4.69) is 14.9 Å². The van der Waals surface area contributed by atoms with Crippen LogP contribution in [0.5, 0.6) is 0 Å². The highest BCUT2D eigenvalue weighted by molar-refractivity contribution is 6.30. The summed E-state index contributed by atoms with van der Waals surface area (Å²) in [5, 5.41) is 0.594. The van der Waals surface area contributed by atoms with Gasteiger partial charge < -0.3 is 4.90 Å². The Hall–Kier alpha value is -0.380. The SMILES string of the molecule is Cl.Clc1nccnc1C1CN2CCC1CC2. The molecule has 0 N–H and O–H groups in total. The Labute approximate surface area is 107 Å². The van der Waals surface area contributed by atoms with Gasteiger partial charge in [-0.3, -0.25) is 4.98 Å². The van der Waals surface area contributed by atoms with Crippen molar-refractivity contribution >= 4 is 24.0 Å². The van der Waals surface area contributed by atoms with Crippen molar-refractivity contribution in [1.29, 1.82) is 0 Å². The van der Waals surface area contributed by atoms with Gasteiger partial charge in [-0.15, -0.1) is 12.4 Å². The summed E-state index contributed by atoms with van der Waals surface area (Å²) in [5.41, 5.74) is 1.01. The highest BCUT2D eigenvalue weighted by Crippen LogP contribution is 2.39.